The zero-order valence-corrected chi connectivity index (χ0v) is 10.7. The molecule has 0 aliphatic heterocycles. The van der Waals surface area contributed by atoms with Crippen LogP contribution in [-0.4, -0.2) is 13.1 Å². The van der Waals surface area contributed by atoms with Gasteiger partial charge in [0.2, 0.25) is 0 Å². The zero-order valence-electron chi connectivity index (χ0n) is 9.12. The van der Waals surface area contributed by atoms with E-state index in [0.29, 0.717) is 19.2 Å². The fourth-order valence-electron chi connectivity index (χ4n) is 1.38. The van der Waals surface area contributed by atoms with Crippen LogP contribution in [0, 0.1) is 0 Å². The third-order valence-electron chi connectivity index (χ3n) is 2.10. The van der Waals surface area contributed by atoms with Crippen LogP contribution in [0.25, 0.3) is 0 Å². The van der Waals surface area contributed by atoms with Crippen molar-refractivity contribution in [2.24, 2.45) is 0 Å². The minimum atomic E-state index is -5.12. The summed E-state index contributed by atoms with van der Waals surface area (Å²) in [6.45, 7) is 0. The van der Waals surface area contributed by atoms with Crippen LogP contribution in [0.2, 0.25) is 0 Å². The van der Waals surface area contributed by atoms with E-state index < -0.39 is 39.5 Å². The van der Waals surface area contributed by atoms with E-state index in [-0.39, 0.29) is 0 Å². The zero-order chi connectivity index (χ0) is 15.0. The van der Waals surface area contributed by atoms with Crippen LogP contribution in [0.1, 0.15) is 21.5 Å². The van der Waals surface area contributed by atoms with Gasteiger partial charge in [-0.15, -0.1) is 0 Å². The predicted octanol–water partition coefficient (Wildman–Crippen LogP) is 4.27. The molecule has 9 heteroatoms. The Hall–Kier alpha value is -1.25. The maximum absolute atomic E-state index is 12.7. The highest BCUT2D eigenvalue weighted by Gasteiger charge is 2.43. The number of carbonyl (C=O) groups excluding carboxylic acids is 1. The van der Waals surface area contributed by atoms with Gasteiger partial charge in [-0.1, -0.05) is 15.9 Å². The second-order valence-electron chi connectivity index (χ2n) is 3.36. The van der Waals surface area contributed by atoms with Crippen molar-refractivity contribution in [3.05, 3.63) is 33.3 Å². The largest absolute Gasteiger partial charge is 0.465 e. The van der Waals surface area contributed by atoms with Crippen molar-refractivity contribution in [2.45, 2.75) is 12.4 Å². The predicted molar refractivity (Wildman–Crippen MR) is 55.5 cm³/mol. The maximum atomic E-state index is 12.7. The highest BCUT2D eigenvalue weighted by molar-refractivity contribution is 9.10. The van der Waals surface area contributed by atoms with Crippen molar-refractivity contribution in [3.63, 3.8) is 0 Å². The van der Waals surface area contributed by atoms with Crippen LogP contribution < -0.4 is 0 Å². The van der Waals surface area contributed by atoms with Crippen molar-refractivity contribution in [1.29, 1.82) is 0 Å². The number of ether oxygens (including phenoxy) is 1. The Bertz CT molecular complexity index is 471. The molecule has 0 amide bonds. The third kappa shape index (κ3) is 3.40. The van der Waals surface area contributed by atoms with E-state index in [1.807, 2.05) is 0 Å². The molecular weight excluding hydrogens is 346 g/mol. The second-order valence-corrected chi connectivity index (χ2v) is 4.28. The third-order valence-corrected chi connectivity index (χ3v) is 2.56. The highest BCUT2D eigenvalue weighted by Crippen LogP contribution is 2.41. The Kier molecular flexibility index (Phi) is 4.18. The number of hydrogen-bond donors (Lipinski definition) is 0. The number of benzene rings is 1. The van der Waals surface area contributed by atoms with Gasteiger partial charge in [-0.2, -0.15) is 26.3 Å². The van der Waals surface area contributed by atoms with E-state index in [1.54, 1.807) is 0 Å². The van der Waals surface area contributed by atoms with E-state index in [0.717, 1.165) is 0 Å². The Morgan fingerprint density at radius 2 is 1.42 bits per heavy atom. The highest BCUT2D eigenvalue weighted by atomic mass is 79.9. The van der Waals surface area contributed by atoms with Crippen molar-refractivity contribution >= 4 is 21.9 Å². The molecule has 106 valence electrons. The second kappa shape index (κ2) is 5.03. The van der Waals surface area contributed by atoms with Gasteiger partial charge >= 0.3 is 18.3 Å². The molecule has 1 aromatic carbocycles. The molecule has 0 spiro atoms. The fraction of sp³-hybridized carbons (Fsp3) is 0.300. The fourth-order valence-corrected chi connectivity index (χ4v) is 1.83. The van der Waals surface area contributed by atoms with Crippen molar-refractivity contribution in [3.8, 4) is 0 Å². The molecular formula is C10H5BrF6O2. The van der Waals surface area contributed by atoms with Gasteiger partial charge in [-0.25, -0.2) is 4.79 Å². The van der Waals surface area contributed by atoms with Gasteiger partial charge in [-0.3, -0.25) is 0 Å². The standard InChI is InChI=1S/C10H5BrF6O2/c1-19-8(18)7-5(9(12,13)14)2-4(11)3-6(7)10(15,16)17/h2-3H,1H3. The number of halogens is 7. The number of rotatable bonds is 1. The first-order valence-corrected chi connectivity index (χ1v) is 5.34. The Morgan fingerprint density at radius 3 is 1.68 bits per heavy atom. The lowest BCUT2D eigenvalue weighted by atomic mass is 10.00. The number of methoxy groups -OCH3 is 1. The smallest absolute Gasteiger partial charge is 0.417 e. The molecule has 0 aliphatic rings. The summed E-state index contributed by atoms with van der Waals surface area (Å²) < 4.78 is 79.7. The molecule has 0 saturated heterocycles. The lowest BCUT2D eigenvalue weighted by Crippen LogP contribution is -2.21. The SMILES string of the molecule is COC(=O)c1c(C(F)(F)F)cc(Br)cc1C(F)(F)F. The summed E-state index contributed by atoms with van der Waals surface area (Å²) >= 11 is 2.55. The minimum Gasteiger partial charge on any atom is -0.465 e. The van der Waals surface area contributed by atoms with E-state index in [2.05, 4.69) is 20.7 Å². The molecule has 0 radical (unpaired) electrons. The molecule has 0 aliphatic carbocycles. The molecule has 0 fully saturated rings. The molecule has 1 aromatic rings. The van der Waals surface area contributed by atoms with Gasteiger partial charge in [0.15, 0.2) is 0 Å². The van der Waals surface area contributed by atoms with Crippen LogP contribution in [0.3, 0.4) is 0 Å². The summed E-state index contributed by atoms with van der Waals surface area (Å²) in [5.41, 5.74) is -4.97. The molecule has 2 nitrogen and oxygen atoms in total. The average molecular weight is 351 g/mol. The quantitative estimate of drug-likeness (QED) is 0.558. The van der Waals surface area contributed by atoms with Gasteiger partial charge in [-0.05, 0) is 12.1 Å². The normalized spacial score (nSPS) is 12.4. The van der Waals surface area contributed by atoms with Crippen LogP contribution in [0.5, 0.6) is 0 Å². The Morgan fingerprint density at radius 1 is 1.05 bits per heavy atom. The first kappa shape index (κ1) is 15.8. The van der Waals surface area contributed by atoms with Gasteiger partial charge in [0.25, 0.3) is 0 Å². The molecule has 19 heavy (non-hydrogen) atoms. The number of carbonyl (C=O) groups is 1. The molecule has 0 bridgehead atoms. The monoisotopic (exact) mass is 350 g/mol. The van der Waals surface area contributed by atoms with Crippen LogP contribution in [-0.2, 0) is 17.1 Å². The maximum Gasteiger partial charge on any atom is 0.417 e. The summed E-state index contributed by atoms with van der Waals surface area (Å²) in [5, 5.41) is 0. The minimum absolute atomic E-state index is 0.390. The molecule has 0 heterocycles. The molecule has 0 N–H and O–H groups in total. The summed E-state index contributed by atoms with van der Waals surface area (Å²) in [4.78, 5) is 11.2. The lowest BCUT2D eigenvalue weighted by Gasteiger charge is -2.17. The van der Waals surface area contributed by atoms with Gasteiger partial charge < -0.3 is 4.74 Å². The van der Waals surface area contributed by atoms with Crippen LogP contribution in [0.15, 0.2) is 16.6 Å². The van der Waals surface area contributed by atoms with Crippen molar-refractivity contribution in [1.82, 2.24) is 0 Å². The number of hydrogen-bond acceptors (Lipinski definition) is 2. The molecule has 0 aromatic heterocycles. The van der Waals surface area contributed by atoms with Crippen molar-refractivity contribution < 1.29 is 35.9 Å². The van der Waals surface area contributed by atoms with Crippen molar-refractivity contribution in [2.75, 3.05) is 7.11 Å². The average Bonchev–Trinajstić information content (AvgIpc) is 2.24. The summed E-state index contributed by atoms with van der Waals surface area (Å²) in [5.74, 6) is -1.70. The first-order valence-electron chi connectivity index (χ1n) is 4.54. The molecule has 0 saturated carbocycles. The van der Waals surface area contributed by atoms with Crippen LogP contribution >= 0.6 is 15.9 Å². The van der Waals surface area contributed by atoms with E-state index in [4.69, 9.17) is 0 Å². The van der Waals surface area contributed by atoms with E-state index in [9.17, 15) is 31.1 Å². The van der Waals surface area contributed by atoms with Crippen LogP contribution in [0.4, 0.5) is 26.3 Å². The van der Waals surface area contributed by atoms with Gasteiger partial charge in [0, 0.05) is 4.47 Å². The van der Waals surface area contributed by atoms with Gasteiger partial charge in [0.1, 0.15) is 0 Å². The molecule has 0 atom stereocenters. The van der Waals surface area contributed by atoms with E-state index in [1.165, 1.54) is 0 Å². The van der Waals surface area contributed by atoms with Gasteiger partial charge in [0.05, 0.1) is 23.8 Å². The lowest BCUT2D eigenvalue weighted by molar-refractivity contribution is -0.144. The summed E-state index contributed by atoms with van der Waals surface area (Å²) in [6, 6.07) is 0.781. The summed E-state index contributed by atoms with van der Waals surface area (Å²) in [6.07, 6.45) is -10.2. The number of alkyl halides is 6. The molecule has 1 rings (SSSR count). The topological polar surface area (TPSA) is 26.3 Å². The first-order chi connectivity index (χ1) is 8.48. The van der Waals surface area contributed by atoms with E-state index >= 15 is 0 Å². The summed E-state index contributed by atoms with van der Waals surface area (Å²) in [7, 11) is 0.699. The Labute approximate surface area is 111 Å². The number of esters is 1. The molecule has 0 unspecified atom stereocenters. The Balaban J connectivity index is 3.74.